The fourth-order valence-electron chi connectivity index (χ4n) is 2.82. The van der Waals surface area contributed by atoms with Crippen LogP contribution < -0.4 is 15.4 Å². The molecule has 3 aromatic rings. The van der Waals surface area contributed by atoms with E-state index < -0.39 is 15.8 Å². The number of anilines is 5. The lowest BCUT2D eigenvalue weighted by atomic mass is 10.1. The quantitative estimate of drug-likeness (QED) is 0.310. The fourth-order valence-corrected chi connectivity index (χ4v) is 3.54. The molecule has 9 nitrogen and oxygen atoms in total. The minimum atomic E-state index is -3.52. The topological polar surface area (TPSA) is 133 Å². The smallest absolute Gasteiger partial charge is 0.229 e. The van der Waals surface area contributed by atoms with Crippen molar-refractivity contribution in [2.24, 2.45) is 0 Å². The van der Waals surface area contributed by atoms with Crippen LogP contribution >= 0.6 is 11.6 Å². The number of nitrogens with zero attached hydrogens (tertiary/aromatic N) is 2. The van der Waals surface area contributed by atoms with Crippen molar-refractivity contribution in [3.8, 4) is 0 Å². The molecule has 0 saturated heterocycles. The number of benzene rings is 2. The van der Waals surface area contributed by atoms with Crippen LogP contribution in [0.15, 0.2) is 48.7 Å². The maximum atomic E-state index is 14.3. The Labute approximate surface area is 195 Å². The molecule has 1 heterocycles. The molecule has 0 aliphatic rings. The number of aliphatic hydroxyl groups excluding tert-OH is 1. The van der Waals surface area contributed by atoms with E-state index in [1.165, 1.54) is 18.3 Å². The summed E-state index contributed by atoms with van der Waals surface area (Å²) in [7, 11) is -3.52. The summed E-state index contributed by atoms with van der Waals surface area (Å²) in [5.41, 5.74) is 0.930. The Morgan fingerprint density at radius 2 is 1.85 bits per heavy atom. The first kappa shape index (κ1) is 24.4. The highest BCUT2D eigenvalue weighted by atomic mass is 35.5. The van der Waals surface area contributed by atoms with Crippen LogP contribution in [-0.2, 0) is 10.0 Å². The van der Waals surface area contributed by atoms with Gasteiger partial charge in [0.25, 0.3) is 0 Å². The second-order valence-electron chi connectivity index (χ2n) is 7.00. The van der Waals surface area contributed by atoms with Crippen LogP contribution in [-0.4, -0.2) is 42.1 Å². The molecular formula is C21H21ClFN5O4S. The molecule has 0 saturated carbocycles. The Morgan fingerprint density at radius 3 is 2.55 bits per heavy atom. The molecule has 0 radical (unpaired) electrons. The molecule has 12 heteroatoms. The molecule has 0 fully saturated rings. The van der Waals surface area contributed by atoms with Gasteiger partial charge in [0, 0.05) is 18.6 Å². The summed E-state index contributed by atoms with van der Waals surface area (Å²) in [6.45, 7) is -0.116. The standard InChI is InChI=1S/C21H21ClFN5O4S/c1-33(31,32)28-17-6-3-2-5-16(17)25-20-14(22)12-24-21(27-20)26-18-11-13(8-9-15(18)23)19(30)7-4-10-29/h2-3,5-6,8-9,11-12,28-29H,4,7,10H2,1H3,(H2,24,25,26,27). The van der Waals surface area contributed by atoms with Crippen LogP contribution in [0.4, 0.5) is 33.2 Å². The largest absolute Gasteiger partial charge is 0.396 e. The molecule has 0 amide bonds. The summed E-state index contributed by atoms with van der Waals surface area (Å²) in [5.74, 6) is -0.715. The van der Waals surface area contributed by atoms with Gasteiger partial charge in [-0.2, -0.15) is 4.98 Å². The van der Waals surface area contributed by atoms with Gasteiger partial charge >= 0.3 is 0 Å². The molecule has 0 aliphatic heterocycles. The summed E-state index contributed by atoms with van der Waals surface area (Å²) in [4.78, 5) is 20.5. The summed E-state index contributed by atoms with van der Waals surface area (Å²) < 4.78 is 40.0. The third-order valence-electron chi connectivity index (χ3n) is 4.32. The number of carbonyl (C=O) groups excluding carboxylic acids is 1. The van der Waals surface area contributed by atoms with Gasteiger partial charge in [0.2, 0.25) is 16.0 Å². The number of aliphatic hydroxyl groups is 1. The van der Waals surface area contributed by atoms with E-state index in [9.17, 15) is 17.6 Å². The molecular weight excluding hydrogens is 473 g/mol. The monoisotopic (exact) mass is 493 g/mol. The first-order valence-corrected chi connectivity index (χ1v) is 12.0. The van der Waals surface area contributed by atoms with Crippen molar-refractivity contribution in [2.75, 3.05) is 28.2 Å². The van der Waals surface area contributed by atoms with E-state index in [4.69, 9.17) is 16.7 Å². The minimum Gasteiger partial charge on any atom is -0.396 e. The molecule has 2 aromatic carbocycles. The summed E-state index contributed by atoms with van der Waals surface area (Å²) in [5, 5.41) is 14.7. The summed E-state index contributed by atoms with van der Waals surface area (Å²) in [6.07, 6.45) is 2.76. The van der Waals surface area contributed by atoms with Gasteiger partial charge < -0.3 is 15.7 Å². The van der Waals surface area contributed by atoms with Crippen molar-refractivity contribution >= 4 is 56.2 Å². The van der Waals surface area contributed by atoms with Gasteiger partial charge in [-0.25, -0.2) is 17.8 Å². The average Bonchev–Trinajstić information content (AvgIpc) is 2.76. The first-order chi connectivity index (χ1) is 15.7. The van der Waals surface area contributed by atoms with Gasteiger partial charge in [-0.15, -0.1) is 0 Å². The lowest BCUT2D eigenvalue weighted by molar-refractivity contribution is 0.0971. The normalized spacial score (nSPS) is 11.2. The number of carbonyl (C=O) groups is 1. The van der Waals surface area contributed by atoms with Gasteiger partial charge in [-0.05, 0) is 36.8 Å². The molecule has 1 aromatic heterocycles. The van der Waals surface area contributed by atoms with Crippen LogP contribution in [0.5, 0.6) is 0 Å². The van der Waals surface area contributed by atoms with Crippen LogP contribution in [0.2, 0.25) is 5.02 Å². The van der Waals surface area contributed by atoms with E-state index in [-0.39, 0.29) is 52.5 Å². The van der Waals surface area contributed by atoms with Crippen LogP contribution in [0, 0.1) is 5.82 Å². The Bertz CT molecular complexity index is 1270. The van der Waals surface area contributed by atoms with Crippen LogP contribution in [0.25, 0.3) is 0 Å². The number of Topliss-reactive ketones (excluding diaryl/α,β-unsaturated/α-hetero) is 1. The summed E-state index contributed by atoms with van der Waals surface area (Å²) >= 11 is 6.19. The number of hydrogen-bond acceptors (Lipinski definition) is 8. The highest BCUT2D eigenvalue weighted by Gasteiger charge is 2.14. The Hall–Kier alpha value is -3.28. The van der Waals surface area contributed by atoms with E-state index in [1.54, 1.807) is 24.3 Å². The number of nitrogens with one attached hydrogen (secondary N) is 3. The molecule has 0 atom stereocenters. The maximum absolute atomic E-state index is 14.3. The average molecular weight is 494 g/mol. The number of halogens is 2. The van der Waals surface area contributed by atoms with E-state index in [2.05, 4.69) is 25.3 Å². The van der Waals surface area contributed by atoms with Gasteiger partial charge in [-0.1, -0.05) is 23.7 Å². The van der Waals surface area contributed by atoms with Gasteiger partial charge in [0.15, 0.2) is 11.6 Å². The highest BCUT2D eigenvalue weighted by molar-refractivity contribution is 7.92. The van der Waals surface area contributed by atoms with Gasteiger partial charge in [-0.3, -0.25) is 9.52 Å². The molecule has 0 spiro atoms. The van der Waals surface area contributed by atoms with Crippen LogP contribution in [0.3, 0.4) is 0 Å². The zero-order valence-corrected chi connectivity index (χ0v) is 19.0. The lowest BCUT2D eigenvalue weighted by Crippen LogP contribution is -2.11. The number of para-hydroxylation sites is 2. The predicted molar refractivity (Wildman–Crippen MR) is 126 cm³/mol. The maximum Gasteiger partial charge on any atom is 0.229 e. The fraction of sp³-hybridized carbons (Fsp3) is 0.190. The zero-order valence-electron chi connectivity index (χ0n) is 17.5. The Balaban J connectivity index is 1.86. The van der Waals surface area contributed by atoms with E-state index in [0.29, 0.717) is 12.1 Å². The van der Waals surface area contributed by atoms with Crippen molar-refractivity contribution in [1.29, 1.82) is 0 Å². The van der Waals surface area contributed by atoms with Crippen molar-refractivity contribution in [1.82, 2.24) is 9.97 Å². The first-order valence-electron chi connectivity index (χ1n) is 9.73. The molecule has 4 N–H and O–H groups in total. The third-order valence-corrected chi connectivity index (χ3v) is 5.18. The van der Waals surface area contributed by atoms with E-state index >= 15 is 0 Å². The Morgan fingerprint density at radius 1 is 1.12 bits per heavy atom. The number of ketones is 1. The molecule has 0 unspecified atom stereocenters. The highest BCUT2D eigenvalue weighted by Crippen LogP contribution is 2.30. The second-order valence-corrected chi connectivity index (χ2v) is 9.16. The van der Waals surface area contributed by atoms with E-state index in [0.717, 1.165) is 12.3 Å². The SMILES string of the molecule is CS(=O)(=O)Nc1ccccc1Nc1nc(Nc2cc(C(=O)CCCO)ccc2F)ncc1Cl. The zero-order chi connectivity index (χ0) is 24.0. The predicted octanol–water partition coefficient (Wildman–Crippen LogP) is 4.08. The Kier molecular flexibility index (Phi) is 7.79. The number of hydrogen-bond donors (Lipinski definition) is 4. The van der Waals surface area contributed by atoms with Gasteiger partial charge in [0.1, 0.15) is 10.8 Å². The molecule has 0 aliphatic carbocycles. The minimum absolute atomic E-state index is 0.00527. The summed E-state index contributed by atoms with van der Waals surface area (Å²) in [6, 6.07) is 10.4. The molecule has 3 rings (SSSR count). The number of rotatable bonds is 10. The molecule has 174 valence electrons. The third kappa shape index (κ3) is 6.85. The van der Waals surface area contributed by atoms with Crippen molar-refractivity contribution < 1.29 is 22.7 Å². The second kappa shape index (κ2) is 10.6. The lowest BCUT2D eigenvalue weighted by Gasteiger charge is -2.14. The number of aromatic nitrogens is 2. The number of sulfonamides is 1. The van der Waals surface area contributed by atoms with E-state index in [1.807, 2.05) is 0 Å². The molecule has 0 bridgehead atoms. The molecule has 33 heavy (non-hydrogen) atoms. The van der Waals surface area contributed by atoms with Crippen molar-refractivity contribution in [2.45, 2.75) is 12.8 Å². The van der Waals surface area contributed by atoms with Crippen molar-refractivity contribution in [3.63, 3.8) is 0 Å². The van der Waals surface area contributed by atoms with Crippen LogP contribution in [0.1, 0.15) is 23.2 Å². The van der Waals surface area contributed by atoms with Crippen molar-refractivity contribution in [3.05, 3.63) is 65.1 Å². The van der Waals surface area contributed by atoms with Gasteiger partial charge in [0.05, 0.1) is 29.5 Å².